The van der Waals surface area contributed by atoms with Crippen LogP contribution in [-0.2, 0) is 9.53 Å². The molecule has 1 aliphatic heterocycles. The number of nitrogens with zero attached hydrogens (tertiary/aromatic N) is 1. The number of carbonyl (C=O) groups excluding carboxylic acids is 1. The van der Waals surface area contributed by atoms with Crippen molar-refractivity contribution in [3.8, 4) is 0 Å². The van der Waals surface area contributed by atoms with E-state index < -0.39 is 0 Å². The number of rotatable bonds is 6. The van der Waals surface area contributed by atoms with Crippen LogP contribution in [0.15, 0.2) is 0 Å². The summed E-state index contributed by atoms with van der Waals surface area (Å²) in [5.41, 5.74) is 5.28. The number of aliphatic hydroxyl groups excluding tert-OH is 1. The summed E-state index contributed by atoms with van der Waals surface area (Å²) in [4.78, 5) is 13.2. The van der Waals surface area contributed by atoms with Gasteiger partial charge in [-0.2, -0.15) is 0 Å². The molecule has 88 valence electrons. The third kappa shape index (κ3) is 4.59. The molecule has 1 aliphatic rings. The Labute approximate surface area is 90.2 Å². The minimum atomic E-state index is -0.198. The first-order valence-electron chi connectivity index (χ1n) is 5.44. The maximum atomic E-state index is 11.0. The van der Waals surface area contributed by atoms with Crippen LogP contribution in [0.2, 0.25) is 0 Å². The number of hydrogen-bond acceptors (Lipinski definition) is 4. The van der Waals surface area contributed by atoms with Crippen LogP contribution in [0.5, 0.6) is 0 Å². The molecule has 1 amide bonds. The number of carbonyl (C=O) groups is 1. The minimum absolute atomic E-state index is 0.00316. The van der Waals surface area contributed by atoms with Crippen LogP contribution in [0.25, 0.3) is 0 Å². The Morgan fingerprint density at radius 3 is 3.00 bits per heavy atom. The monoisotopic (exact) mass is 216 g/mol. The van der Waals surface area contributed by atoms with Crippen molar-refractivity contribution < 1.29 is 14.6 Å². The molecule has 5 nitrogen and oxygen atoms in total. The number of nitrogens with two attached hydrogens (primary N) is 1. The first-order chi connectivity index (χ1) is 7.24. The molecular formula is C10H20N2O3. The van der Waals surface area contributed by atoms with Gasteiger partial charge in [-0.15, -0.1) is 0 Å². The van der Waals surface area contributed by atoms with Crippen molar-refractivity contribution in [2.24, 2.45) is 11.7 Å². The SMILES string of the molecule is NC(=O)C1CCCN(CCOCCO)C1. The molecule has 0 aliphatic carbocycles. The summed E-state index contributed by atoms with van der Waals surface area (Å²) < 4.78 is 5.17. The van der Waals surface area contributed by atoms with Crippen molar-refractivity contribution in [1.29, 1.82) is 0 Å². The molecule has 0 radical (unpaired) electrons. The number of amides is 1. The van der Waals surface area contributed by atoms with Crippen molar-refractivity contribution in [3.05, 3.63) is 0 Å². The molecule has 1 unspecified atom stereocenters. The van der Waals surface area contributed by atoms with E-state index >= 15 is 0 Å². The van der Waals surface area contributed by atoms with Gasteiger partial charge in [-0.25, -0.2) is 0 Å². The van der Waals surface area contributed by atoms with Crippen molar-refractivity contribution in [2.45, 2.75) is 12.8 Å². The molecule has 1 fully saturated rings. The average Bonchev–Trinajstić information content (AvgIpc) is 2.25. The molecule has 0 aromatic heterocycles. The standard InChI is InChI=1S/C10H20N2O3/c11-10(14)9-2-1-3-12(8-9)4-6-15-7-5-13/h9,13H,1-8H2,(H2,11,14). The molecule has 1 heterocycles. The second-order valence-electron chi connectivity index (χ2n) is 3.88. The van der Waals surface area contributed by atoms with Crippen LogP contribution in [0, 0.1) is 5.92 Å². The Balaban J connectivity index is 2.15. The lowest BCUT2D eigenvalue weighted by molar-refractivity contribution is -0.123. The van der Waals surface area contributed by atoms with Crippen molar-refractivity contribution in [1.82, 2.24) is 4.90 Å². The number of primary amides is 1. The molecule has 0 spiro atoms. The summed E-state index contributed by atoms with van der Waals surface area (Å²) in [5, 5.41) is 8.52. The van der Waals surface area contributed by atoms with E-state index in [0.29, 0.717) is 13.2 Å². The van der Waals surface area contributed by atoms with E-state index in [1.165, 1.54) is 0 Å². The van der Waals surface area contributed by atoms with Crippen molar-refractivity contribution >= 4 is 5.91 Å². The van der Waals surface area contributed by atoms with E-state index in [-0.39, 0.29) is 18.4 Å². The molecule has 0 bridgehead atoms. The second kappa shape index (κ2) is 6.76. The summed E-state index contributed by atoms with van der Waals surface area (Å²) in [5.74, 6) is -0.201. The fourth-order valence-corrected chi connectivity index (χ4v) is 1.85. The molecule has 1 rings (SSSR count). The highest BCUT2D eigenvalue weighted by Crippen LogP contribution is 2.15. The maximum absolute atomic E-state index is 11.0. The lowest BCUT2D eigenvalue weighted by Crippen LogP contribution is -2.42. The molecule has 15 heavy (non-hydrogen) atoms. The Hall–Kier alpha value is -0.650. The fourth-order valence-electron chi connectivity index (χ4n) is 1.85. The second-order valence-corrected chi connectivity index (χ2v) is 3.88. The van der Waals surface area contributed by atoms with Crippen molar-refractivity contribution in [3.63, 3.8) is 0 Å². The third-order valence-electron chi connectivity index (χ3n) is 2.70. The quantitative estimate of drug-likeness (QED) is 0.570. The third-order valence-corrected chi connectivity index (χ3v) is 2.70. The zero-order valence-electron chi connectivity index (χ0n) is 9.02. The van der Waals surface area contributed by atoms with Gasteiger partial charge in [-0.1, -0.05) is 0 Å². The van der Waals surface area contributed by atoms with Crippen LogP contribution in [0.1, 0.15) is 12.8 Å². The lowest BCUT2D eigenvalue weighted by atomic mass is 9.98. The zero-order chi connectivity index (χ0) is 11.1. The maximum Gasteiger partial charge on any atom is 0.221 e. The Morgan fingerprint density at radius 1 is 1.53 bits per heavy atom. The fraction of sp³-hybridized carbons (Fsp3) is 0.900. The van der Waals surface area contributed by atoms with E-state index in [1.54, 1.807) is 0 Å². The topological polar surface area (TPSA) is 75.8 Å². The number of piperidine rings is 1. The van der Waals surface area contributed by atoms with Gasteiger partial charge in [0.05, 0.1) is 25.7 Å². The van der Waals surface area contributed by atoms with E-state index in [2.05, 4.69) is 4.90 Å². The van der Waals surface area contributed by atoms with E-state index in [4.69, 9.17) is 15.6 Å². The van der Waals surface area contributed by atoms with Crippen LogP contribution >= 0.6 is 0 Å². The van der Waals surface area contributed by atoms with Gasteiger partial charge < -0.3 is 20.5 Å². The van der Waals surface area contributed by atoms with Gasteiger partial charge in [0.2, 0.25) is 5.91 Å². The molecule has 3 N–H and O–H groups in total. The molecular weight excluding hydrogens is 196 g/mol. The molecule has 1 atom stereocenters. The molecule has 5 heteroatoms. The summed E-state index contributed by atoms with van der Waals surface area (Å²) in [6.45, 7) is 3.61. The number of ether oxygens (including phenoxy) is 1. The zero-order valence-corrected chi connectivity index (χ0v) is 9.02. The van der Waals surface area contributed by atoms with Crippen LogP contribution in [0.3, 0.4) is 0 Å². The largest absolute Gasteiger partial charge is 0.394 e. The van der Waals surface area contributed by atoms with E-state index in [1.807, 2.05) is 0 Å². The highest BCUT2D eigenvalue weighted by Gasteiger charge is 2.23. The lowest BCUT2D eigenvalue weighted by Gasteiger charge is -2.30. The summed E-state index contributed by atoms with van der Waals surface area (Å²) in [6, 6.07) is 0. The van der Waals surface area contributed by atoms with E-state index in [0.717, 1.165) is 32.5 Å². The highest BCUT2D eigenvalue weighted by molar-refractivity contribution is 5.76. The Kier molecular flexibility index (Phi) is 5.60. The Morgan fingerprint density at radius 2 is 2.33 bits per heavy atom. The van der Waals surface area contributed by atoms with Gasteiger partial charge in [0.1, 0.15) is 0 Å². The van der Waals surface area contributed by atoms with Crippen LogP contribution in [-0.4, -0.2) is 55.4 Å². The van der Waals surface area contributed by atoms with Gasteiger partial charge in [-0.05, 0) is 19.4 Å². The molecule has 0 aromatic carbocycles. The predicted molar refractivity (Wildman–Crippen MR) is 56.3 cm³/mol. The predicted octanol–water partition coefficient (Wildman–Crippen LogP) is -0.807. The number of likely N-dealkylation sites (tertiary alicyclic amines) is 1. The van der Waals surface area contributed by atoms with Crippen LogP contribution < -0.4 is 5.73 Å². The van der Waals surface area contributed by atoms with Crippen LogP contribution in [0.4, 0.5) is 0 Å². The van der Waals surface area contributed by atoms with E-state index in [9.17, 15) is 4.79 Å². The number of aliphatic hydroxyl groups is 1. The van der Waals surface area contributed by atoms with Crippen molar-refractivity contribution in [2.75, 3.05) is 39.5 Å². The van der Waals surface area contributed by atoms with Gasteiger partial charge in [0.25, 0.3) is 0 Å². The highest BCUT2D eigenvalue weighted by atomic mass is 16.5. The molecule has 0 saturated carbocycles. The van der Waals surface area contributed by atoms with Gasteiger partial charge in [-0.3, -0.25) is 4.79 Å². The molecule has 0 aromatic rings. The molecule has 1 saturated heterocycles. The first-order valence-corrected chi connectivity index (χ1v) is 5.44. The summed E-state index contributed by atoms with van der Waals surface area (Å²) >= 11 is 0. The normalized spacial score (nSPS) is 22.9. The Bertz CT molecular complexity index is 199. The summed E-state index contributed by atoms with van der Waals surface area (Å²) in [6.07, 6.45) is 1.93. The summed E-state index contributed by atoms with van der Waals surface area (Å²) in [7, 11) is 0. The average molecular weight is 216 g/mol. The van der Waals surface area contributed by atoms with Gasteiger partial charge in [0.15, 0.2) is 0 Å². The first kappa shape index (κ1) is 12.4. The van der Waals surface area contributed by atoms with Gasteiger partial charge >= 0.3 is 0 Å². The minimum Gasteiger partial charge on any atom is -0.394 e. The van der Waals surface area contributed by atoms with Gasteiger partial charge in [0, 0.05) is 13.1 Å². The smallest absolute Gasteiger partial charge is 0.221 e. The number of hydrogen-bond donors (Lipinski definition) is 2.